The molecule has 0 bridgehead atoms. The summed E-state index contributed by atoms with van der Waals surface area (Å²) in [6, 6.07) is 15.7. The van der Waals surface area contributed by atoms with Gasteiger partial charge in [-0.2, -0.15) is 0 Å². The summed E-state index contributed by atoms with van der Waals surface area (Å²) in [6.45, 7) is 14.8. The molecule has 1 aliphatic heterocycles. The Morgan fingerprint density at radius 3 is 2.29 bits per heavy atom. The molecule has 2 saturated carbocycles. The molecule has 300 valence electrons. The molecule has 1 aromatic heterocycles. The van der Waals surface area contributed by atoms with Crippen LogP contribution in [0.5, 0.6) is 11.5 Å². The Morgan fingerprint density at radius 1 is 1.02 bits per heavy atom. The summed E-state index contributed by atoms with van der Waals surface area (Å²) < 4.78 is 45.6. The van der Waals surface area contributed by atoms with Crippen LogP contribution in [0.1, 0.15) is 80.1 Å². The van der Waals surface area contributed by atoms with Gasteiger partial charge in [-0.3, -0.25) is 23.9 Å². The Morgan fingerprint density at radius 2 is 1.71 bits per heavy atom. The first-order valence-electron chi connectivity index (χ1n) is 19.0. The fourth-order valence-corrected chi connectivity index (χ4v) is 8.59. The van der Waals surface area contributed by atoms with E-state index in [-0.39, 0.29) is 25.8 Å². The molecule has 2 N–H and O–H groups in total. The fraction of sp³-hybridized carbons (Fsp3) is 0.500. The Kier molecular flexibility index (Phi) is 11.0. The van der Waals surface area contributed by atoms with E-state index in [1.54, 1.807) is 40.0 Å². The minimum absolute atomic E-state index is 0.0192. The number of aromatic nitrogens is 1. The van der Waals surface area contributed by atoms with Crippen molar-refractivity contribution >= 4 is 44.6 Å². The molecule has 1 unspecified atom stereocenters. The van der Waals surface area contributed by atoms with Crippen molar-refractivity contribution < 1.29 is 41.8 Å². The van der Waals surface area contributed by atoms with Crippen LogP contribution >= 0.6 is 0 Å². The van der Waals surface area contributed by atoms with Crippen molar-refractivity contribution in [2.24, 2.45) is 11.3 Å². The number of hydrogen-bond acceptors (Lipinski definition) is 10. The Balaban J connectivity index is 1.35. The van der Waals surface area contributed by atoms with E-state index in [1.165, 1.54) is 4.90 Å². The molecule has 6 rings (SSSR count). The van der Waals surface area contributed by atoms with E-state index < -0.39 is 73.6 Å². The molecular weight excluding hydrogens is 737 g/mol. The molecule has 3 aliphatic rings. The number of likely N-dealkylation sites (tertiary alicyclic amines) is 1. The van der Waals surface area contributed by atoms with E-state index >= 15 is 0 Å². The molecule has 3 aromatic rings. The molecule has 56 heavy (non-hydrogen) atoms. The van der Waals surface area contributed by atoms with E-state index in [0.717, 1.165) is 5.56 Å². The SMILES string of the molecule is C=C1CCC1(NC(=O)[C@@H]1C[C@@H](Oc2cc(-c3ccccc3)nc3cc(OC)ccc23)CN1C(=O)[C@@H](CC(=O)OC(C)(C)C)C(C)(C)C)C(=O)NS(=O)(=O)C1CC1. The number of rotatable bonds is 12. The third-order valence-corrected chi connectivity index (χ3v) is 12.5. The average Bonchev–Trinajstić information content (AvgIpc) is 3.91. The molecule has 4 atom stereocenters. The van der Waals surface area contributed by atoms with Crippen LogP contribution in [0.2, 0.25) is 0 Å². The number of sulfonamides is 1. The van der Waals surface area contributed by atoms with E-state index in [4.69, 9.17) is 19.2 Å². The van der Waals surface area contributed by atoms with Gasteiger partial charge in [0.25, 0.3) is 5.91 Å². The number of hydrogen-bond donors (Lipinski definition) is 2. The highest BCUT2D eigenvalue weighted by atomic mass is 32.2. The summed E-state index contributed by atoms with van der Waals surface area (Å²) in [4.78, 5) is 62.3. The van der Waals surface area contributed by atoms with Gasteiger partial charge in [0.15, 0.2) is 0 Å². The monoisotopic (exact) mass is 788 g/mol. The van der Waals surface area contributed by atoms with Crippen molar-refractivity contribution in [2.75, 3.05) is 13.7 Å². The number of benzene rings is 2. The number of amides is 3. The number of methoxy groups -OCH3 is 1. The second-order valence-corrected chi connectivity index (χ2v) is 19.1. The van der Waals surface area contributed by atoms with Gasteiger partial charge < -0.3 is 24.4 Å². The summed E-state index contributed by atoms with van der Waals surface area (Å²) in [5, 5.41) is 2.85. The van der Waals surface area contributed by atoms with Crippen LogP contribution in [0.3, 0.4) is 0 Å². The number of ether oxygens (including phenoxy) is 3. The van der Waals surface area contributed by atoms with Gasteiger partial charge in [-0.05, 0) is 69.6 Å². The van der Waals surface area contributed by atoms with Crippen LogP contribution < -0.4 is 19.5 Å². The zero-order valence-corrected chi connectivity index (χ0v) is 34.0. The molecule has 0 spiro atoms. The van der Waals surface area contributed by atoms with Crippen LogP contribution in [0.25, 0.3) is 22.2 Å². The van der Waals surface area contributed by atoms with E-state index in [0.29, 0.717) is 52.9 Å². The normalized spacial score (nSPS) is 21.8. The Labute approximate surface area is 328 Å². The van der Waals surface area contributed by atoms with Crippen LogP contribution in [-0.2, 0) is 33.9 Å². The largest absolute Gasteiger partial charge is 0.497 e. The first-order valence-corrected chi connectivity index (χ1v) is 20.5. The van der Waals surface area contributed by atoms with E-state index in [2.05, 4.69) is 16.6 Å². The number of carbonyl (C=O) groups excluding carboxylic acids is 4. The van der Waals surface area contributed by atoms with Crippen molar-refractivity contribution in [3.63, 3.8) is 0 Å². The molecule has 1 saturated heterocycles. The summed E-state index contributed by atoms with van der Waals surface area (Å²) in [7, 11) is -2.35. The average molecular weight is 789 g/mol. The van der Waals surface area contributed by atoms with Crippen molar-refractivity contribution in [1.82, 2.24) is 19.9 Å². The minimum atomic E-state index is -3.92. The molecule has 2 aliphatic carbocycles. The maximum absolute atomic E-state index is 14.7. The highest BCUT2D eigenvalue weighted by Crippen LogP contribution is 2.40. The lowest BCUT2D eigenvalue weighted by atomic mass is 9.71. The van der Waals surface area contributed by atoms with Crippen LogP contribution in [0.15, 0.2) is 66.7 Å². The first-order chi connectivity index (χ1) is 26.2. The predicted octanol–water partition coefficient (Wildman–Crippen LogP) is 5.47. The fourth-order valence-electron chi connectivity index (χ4n) is 7.23. The van der Waals surface area contributed by atoms with E-state index in [1.807, 2.05) is 63.2 Å². The number of nitrogens with zero attached hydrogens (tertiary/aromatic N) is 2. The van der Waals surface area contributed by atoms with Crippen molar-refractivity contribution in [2.45, 2.75) is 109 Å². The van der Waals surface area contributed by atoms with Gasteiger partial charge in [0.05, 0.1) is 42.5 Å². The van der Waals surface area contributed by atoms with Gasteiger partial charge in [0, 0.05) is 29.5 Å². The van der Waals surface area contributed by atoms with Crippen LogP contribution in [0.4, 0.5) is 0 Å². The van der Waals surface area contributed by atoms with E-state index in [9.17, 15) is 27.6 Å². The van der Waals surface area contributed by atoms with Gasteiger partial charge >= 0.3 is 5.97 Å². The van der Waals surface area contributed by atoms with Crippen molar-refractivity contribution in [3.05, 3.63) is 66.7 Å². The van der Waals surface area contributed by atoms with Crippen molar-refractivity contribution in [3.8, 4) is 22.8 Å². The number of pyridine rings is 1. The second kappa shape index (κ2) is 15.2. The summed E-state index contributed by atoms with van der Waals surface area (Å²) in [5.41, 5.74) is -0.696. The molecule has 2 heterocycles. The standard InChI is InChI=1S/C42H52N4O9S/c1-25-18-19-42(25,39(50)45-56(51,52)29-15-16-29)44-37(48)34-21-28(24-46(34)38(49)31(40(2,3)4)22-36(47)55-41(5,6)7)54-35-23-32(26-12-10-9-11-13-26)43-33-20-27(53-8)14-17-30(33)35/h9-14,17,20,23,28-29,31,34H,1,15-16,18-19,21-22,24H2,2-8H3,(H,44,48)(H,45,50)/t28-,31-,34+,42?/m1/s1. The predicted molar refractivity (Wildman–Crippen MR) is 211 cm³/mol. The van der Waals surface area contributed by atoms with Gasteiger partial charge in [-0.25, -0.2) is 13.4 Å². The number of carbonyl (C=O) groups is 4. The maximum atomic E-state index is 14.7. The van der Waals surface area contributed by atoms with Crippen LogP contribution in [-0.4, -0.2) is 84.2 Å². The lowest BCUT2D eigenvalue weighted by Gasteiger charge is -2.44. The second-order valence-electron chi connectivity index (χ2n) is 17.1. The Bertz CT molecular complexity index is 2160. The zero-order chi connectivity index (χ0) is 40.8. The minimum Gasteiger partial charge on any atom is -0.497 e. The molecule has 3 amide bonds. The molecule has 3 fully saturated rings. The highest BCUT2D eigenvalue weighted by molar-refractivity contribution is 7.91. The zero-order valence-electron chi connectivity index (χ0n) is 33.1. The number of fused-ring (bicyclic) bond motifs is 1. The molecular formula is C42H52N4O9S. The summed E-state index contributed by atoms with van der Waals surface area (Å²) in [5.74, 6) is -2.34. The van der Waals surface area contributed by atoms with Crippen molar-refractivity contribution in [1.29, 1.82) is 0 Å². The molecule has 14 heteroatoms. The maximum Gasteiger partial charge on any atom is 0.307 e. The Hall–Kier alpha value is -4.98. The third-order valence-electron chi connectivity index (χ3n) is 10.7. The lowest BCUT2D eigenvalue weighted by Crippen LogP contribution is -2.67. The first kappa shape index (κ1) is 40.7. The van der Waals surface area contributed by atoms with Gasteiger partial charge in [-0.1, -0.05) is 57.7 Å². The lowest BCUT2D eigenvalue weighted by molar-refractivity contribution is -0.161. The smallest absolute Gasteiger partial charge is 0.307 e. The van der Waals surface area contributed by atoms with Gasteiger partial charge in [-0.15, -0.1) is 0 Å². The quantitative estimate of drug-likeness (QED) is 0.177. The molecule has 13 nitrogen and oxygen atoms in total. The number of nitrogens with one attached hydrogen (secondary N) is 2. The van der Waals surface area contributed by atoms with Crippen LogP contribution in [0, 0.1) is 11.3 Å². The summed E-state index contributed by atoms with van der Waals surface area (Å²) in [6.07, 6.45) is 0.549. The third kappa shape index (κ3) is 8.69. The van der Waals surface area contributed by atoms with Gasteiger partial charge in [0.1, 0.15) is 34.8 Å². The summed E-state index contributed by atoms with van der Waals surface area (Å²) >= 11 is 0. The molecule has 2 aromatic carbocycles. The van der Waals surface area contributed by atoms with Gasteiger partial charge in [0.2, 0.25) is 21.8 Å². The topological polar surface area (TPSA) is 170 Å². The highest BCUT2D eigenvalue weighted by Gasteiger charge is 2.54. The molecule has 0 radical (unpaired) electrons. The number of esters is 1.